The number of benzene rings is 1. The van der Waals surface area contributed by atoms with Gasteiger partial charge in [0.05, 0.1) is 4.90 Å². The van der Waals surface area contributed by atoms with Gasteiger partial charge in [0.2, 0.25) is 15.9 Å². The Balaban J connectivity index is 1.90. The topological polar surface area (TPSA) is 92.5 Å². The van der Waals surface area contributed by atoms with Crippen LogP contribution in [0.3, 0.4) is 0 Å². The maximum Gasteiger partial charge on any atom is 0.238 e. The highest BCUT2D eigenvalue weighted by atomic mass is 32.2. The Morgan fingerprint density at radius 1 is 1.33 bits per heavy atom. The van der Waals surface area contributed by atoms with Gasteiger partial charge in [0, 0.05) is 29.6 Å². The van der Waals surface area contributed by atoms with Crippen LogP contribution in [0.5, 0.6) is 0 Å². The highest BCUT2D eigenvalue weighted by molar-refractivity contribution is 7.89. The van der Waals surface area contributed by atoms with E-state index in [1.54, 1.807) is 23.5 Å². The van der Waals surface area contributed by atoms with Gasteiger partial charge in [0.15, 0.2) is 0 Å². The number of nitrogens with zero attached hydrogens (tertiary/aromatic N) is 1. The molecule has 1 heterocycles. The fourth-order valence-corrected chi connectivity index (χ4v) is 3.60. The standard InChI is InChI=1S/C16H21N3O3S2/c1-12(15-7-4-10-23-15)19(2)9-8-16(20)18-13-5-3-6-14(11-13)24(17,21)22/h3-7,10-12H,8-9H2,1-2H3,(H,18,20)(H2,17,21,22). The van der Waals surface area contributed by atoms with E-state index >= 15 is 0 Å². The van der Waals surface area contributed by atoms with E-state index in [4.69, 9.17) is 5.14 Å². The number of hydrogen-bond acceptors (Lipinski definition) is 5. The first-order valence-corrected chi connectivity index (χ1v) is 9.86. The summed E-state index contributed by atoms with van der Waals surface area (Å²) in [4.78, 5) is 15.4. The van der Waals surface area contributed by atoms with Gasteiger partial charge in [-0.15, -0.1) is 11.3 Å². The highest BCUT2D eigenvalue weighted by Crippen LogP contribution is 2.23. The molecule has 6 nitrogen and oxygen atoms in total. The lowest BCUT2D eigenvalue weighted by atomic mass is 10.2. The third kappa shape index (κ3) is 5.13. The van der Waals surface area contributed by atoms with Crippen LogP contribution in [0.2, 0.25) is 0 Å². The first-order chi connectivity index (χ1) is 11.3. The van der Waals surface area contributed by atoms with E-state index in [0.29, 0.717) is 18.7 Å². The summed E-state index contributed by atoms with van der Waals surface area (Å²) in [5.74, 6) is -0.174. The van der Waals surface area contributed by atoms with Crippen LogP contribution in [0, 0.1) is 0 Å². The van der Waals surface area contributed by atoms with Crippen molar-refractivity contribution in [3.8, 4) is 0 Å². The molecule has 0 saturated carbocycles. The van der Waals surface area contributed by atoms with Crippen LogP contribution in [0.25, 0.3) is 0 Å². The summed E-state index contributed by atoms with van der Waals surface area (Å²) in [6.07, 6.45) is 0.311. The van der Waals surface area contributed by atoms with Crippen molar-refractivity contribution in [2.24, 2.45) is 5.14 Å². The fourth-order valence-electron chi connectivity index (χ4n) is 2.19. The van der Waals surface area contributed by atoms with Crippen LogP contribution in [-0.4, -0.2) is 32.8 Å². The number of sulfonamides is 1. The minimum absolute atomic E-state index is 0.0243. The summed E-state index contributed by atoms with van der Waals surface area (Å²) in [5, 5.41) is 9.82. The van der Waals surface area contributed by atoms with Crippen LogP contribution in [0.15, 0.2) is 46.7 Å². The highest BCUT2D eigenvalue weighted by Gasteiger charge is 2.14. The zero-order valence-electron chi connectivity index (χ0n) is 13.6. The van der Waals surface area contributed by atoms with Crippen molar-refractivity contribution in [3.63, 3.8) is 0 Å². The summed E-state index contributed by atoms with van der Waals surface area (Å²) in [6, 6.07) is 10.2. The molecule has 0 aliphatic rings. The first kappa shape index (κ1) is 18.6. The lowest BCUT2D eigenvalue weighted by Gasteiger charge is -2.23. The molecule has 1 aromatic carbocycles. The molecule has 2 aromatic rings. The molecule has 0 radical (unpaired) electrons. The molecule has 1 atom stereocenters. The fraction of sp³-hybridized carbons (Fsp3) is 0.312. The lowest BCUT2D eigenvalue weighted by Crippen LogP contribution is -2.26. The molecule has 8 heteroatoms. The molecule has 2 rings (SSSR count). The second kappa shape index (κ2) is 7.89. The van der Waals surface area contributed by atoms with Crippen molar-refractivity contribution in [2.45, 2.75) is 24.3 Å². The third-order valence-electron chi connectivity index (χ3n) is 3.75. The Morgan fingerprint density at radius 2 is 2.08 bits per heavy atom. The maximum atomic E-state index is 12.1. The quantitative estimate of drug-likeness (QED) is 0.786. The molecule has 0 aliphatic heterocycles. The summed E-state index contributed by atoms with van der Waals surface area (Å²) < 4.78 is 22.7. The molecule has 3 N–H and O–H groups in total. The van der Waals surface area contributed by atoms with Crippen LogP contribution in [-0.2, 0) is 14.8 Å². The van der Waals surface area contributed by atoms with E-state index in [1.807, 2.05) is 18.5 Å². The smallest absolute Gasteiger partial charge is 0.238 e. The number of nitrogens with one attached hydrogen (secondary N) is 1. The molecule has 1 aromatic heterocycles. The predicted octanol–water partition coefficient (Wildman–Crippen LogP) is 2.42. The number of amides is 1. The second-order valence-electron chi connectivity index (χ2n) is 5.54. The molecular formula is C16H21N3O3S2. The molecule has 0 bridgehead atoms. The van der Waals surface area contributed by atoms with Gasteiger partial charge in [-0.1, -0.05) is 12.1 Å². The molecule has 24 heavy (non-hydrogen) atoms. The third-order valence-corrected chi connectivity index (χ3v) is 5.71. The van der Waals surface area contributed by atoms with Crippen LogP contribution in [0.1, 0.15) is 24.3 Å². The molecule has 1 amide bonds. The van der Waals surface area contributed by atoms with Crippen molar-refractivity contribution in [1.29, 1.82) is 0 Å². The maximum absolute atomic E-state index is 12.1. The molecule has 0 saturated heterocycles. The Kier molecular flexibility index (Phi) is 6.11. The van der Waals surface area contributed by atoms with E-state index in [-0.39, 0.29) is 16.8 Å². The van der Waals surface area contributed by atoms with Crippen LogP contribution < -0.4 is 10.5 Å². The first-order valence-electron chi connectivity index (χ1n) is 7.44. The van der Waals surface area contributed by atoms with Crippen molar-refractivity contribution in [3.05, 3.63) is 46.7 Å². The Labute approximate surface area is 146 Å². The number of hydrogen-bond donors (Lipinski definition) is 2. The Morgan fingerprint density at radius 3 is 2.71 bits per heavy atom. The van der Waals surface area contributed by atoms with Gasteiger partial charge in [-0.2, -0.15) is 0 Å². The molecule has 0 fully saturated rings. The molecule has 130 valence electrons. The minimum Gasteiger partial charge on any atom is -0.326 e. The zero-order chi connectivity index (χ0) is 17.7. The molecular weight excluding hydrogens is 346 g/mol. The van der Waals surface area contributed by atoms with Gasteiger partial charge >= 0.3 is 0 Å². The Bertz CT molecular complexity index is 789. The van der Waals surface area contributed by atoms with Crippen molar-refractivity contribution >= 4 is 33.0 Å². The van der Waals surface area contributed by atoms with E-state index in [9.17, 15) is 13.2 Å². The number of carbonyl (C=O) groups excluding carboxylic acids is 1. The van der Waals surface area contributed by atoms with Gasteiger partial charge in [-0.25, -0.2) is 13.6 Å². The number of nitrogens with two attached hydrogens (primary N) is 1. The number of rotatable bonds is 7. The number of anilines is 1. The average Bonchev–Trinajstić information content (AvgIpc) is 3.05. The van der Waals surface area contributed by atoms with Gasteiger partial charge in [-0.3, -0.25) is 9.69 Å². The average molecular weight is 367 g/mol. The van der Waals surface area contributed by atoms with Gasteiger partial charge in [0.25, 0.3) is 0 Å². The number of thiophene rings is 1. The van der Waals surface area contributed by atoms with E-state index < -0.39 is 10.0 Å². The van der Waals surface area contributed by atoms with E-state index in [1.165, 1.54) is 17.0 Å². The Hall–Kier alpha value is -1.74. The van der Waals surface area contributed by atoms with Crippen molar-refractivity contribution < 1.29 is 13.2 Å². The van der Waals surface area contributed by atoms with E-state index in [2.05, 4.69) is 23.2 Å². The largest absolute Gasteiger partial charge is 0.326 e. The summed E-state index contributed by atoms with van der Waals surface area (Å²) in [7, 11) is -1.81. The van der Waals surface area contributed by atoms with Crippen LogP contribution in [0.4, 0.5) is 5.69 Å². The predicted molar refractivity (Wildman–Crippen MR) is 96.4 cm³/mol. The minimum atomic E-state index is -3.78. The van der Waals surface area contributed by atoms with Gasteiger partial charge in [0.1, 0.15) is 0 Å². The monoisotopic (exact) mass is 367 g/mol. The number of carbonyl (C=O) groups is 1. The molecule has 1 unspecified atom stereocenters. The normalized spacial score (nSPS) is 13.0. The SMILES string of the molecule is CC(c1cccs1)N(C)CCC(=O)Nc1cccc(S(N)(=O)=O)c1. The molecule has 0 spiro atoms. The zero-order valence-corrected chi connectivity index (χ0v) is 15.2. The van der Waals surface area contributed by atoms with Gasteiger partial charge in [-0.05, 0) is 43.6 Å². The number of primary sulfonamides is 1. The lowest BCUT2D eigenvalue weighted by molar-refractivity contribution is -0.116. The van der Waals surface area contributed by atoms with Crippen molar-refractivity contribution in [1.82, 2.24) is 4.90 Å². The summed E-state index contributed by atoms with van der Waals surface area (Å²) in [5.41, 5.74) is 0.417. The molecule has 0 aliphatic carbocycles. The summed E-state index contributed by atoms with van der Waals surface area (Å²) >= 11 is 1.69. The van der Waals surface area contributed by atoms with Crippen molar-refractivity contribution in [2.75, 3.05) is 18.9 Å². The van der Waals surface area contributed by atoms with Crippen LogP contribution >= 0.6 is 11.3 Å². The second-order valence-corrected chi connectivity index (χ2v) is 8.08. The van der Waals surface area contributed by atoms with Gasteiger partial charge < -0.3 is 5.32 Å². The van der Waals surface area contributed by atoms with E-state index in [0.717, 1.165) is 0 Å². The summed E-state index contributed by atoms with van der Waals surface area (Å²) in [6.45, 7) is 2.69.